The first kappa shape index (κ1) is 9.72. The first-order valence-electron chi connectivity index (χ1n) is 5.56. The van der Waals surface area contributed by atoms with Crippen molar-refractivity contribution >= 4 is 0 Å². The summed E-state index contributed by atoms with van der Waals surface area (Å²) < 4.78 is 0. The quantitative estimate of drug-likeness (QED) is 0.716. The SMILES string of the molecule is C[C@@H]1CC(c2ccccc2)C[C@H](C)N1. The number of rotatable bonds is 1. The summed E-state index contributed by atoms with van der Waals surface area (Å²) in [6, 6.07) is 12.2. The van der Waals surface area contributed by atoms with Gasteiger partial charge in [0, 0.05) is 12.1 Å². The van der Waals surface area contributed by atoms with Gasteiger partial charge in [0.25, 0.3) is 0 Å². The molecule has 3 atom stereocenters. The van der Waals surface area contributed by atoms with E-state index in [0.717, 1.165) is 5.92 Å². The topological polar surface area (TPSA) is 12.0 Å². The second-order valence-electron chi connectivity index (χ2n) is 4.55. The van der Waals surface area contributed by atoms with Crippen molar-refractivity contribution in [2.75, 3.05) is 0 Å². The van der Waals surface area contributed by atoms with Gasteiger partial charge in [-0.2, -0.15) is 0 Å². The van der Waals surface area contributed by atoms with Gasteiger partial charge >= 0.3 is 0 Å². The zero-order valence-electron chi connectivity index (χ0n) is 9.03. The molecule has 1 aromatic carbocycles. The molecule has 0 saturated carbocycles. The molecule has 0 aromatic heterocycles. The van der Waals surface area contributed by atoms with Crippen molar-refractivity contribution in [3.63, 3.8) is 0 Å². The van der Waals surface area contributed by atoms with Crippen LogP contribution in [0, 0.1) is 0 Å². The normalized spacial score (nSPS) is 32.9. The third-order valence-corrected chi connectivity index (χ3v) is 3.12. The Bertz CT molecular complexity index is 271. The lowest BCUT2D eigenvalue weighted by atomic mass is 9.84. The van der Waals surface area contributed by atoms with Gasteiger partial charge in [0.15, 0.2) is 0 Å². The molecule has 0 radical (unpaired) electrons. The Hall–Kier alpha value is -0.820. The predicted octanol–water partition coefficient (Wildman–Crippen LogP) is 2.93. The standard InChI is InChI=1S/C13H19N/c1-10-8-13(9-11(2)14-10)12-6-4-3-5-7-12/h3-7,10-11,13-14H,8-9H2,1-2H3/t10-,11+,13?. The molecule has 76 valence electrons. The van der Waals surface area contributed by atoms with Crippen molar-refractivity contribution in [1.29, 1.82) is 0 Å². The van der Waals surface area contributed by atoms with Crippen molar-refractivity contribution in [3.8, 4) is 0 Å². The molecule has 1 aliphatic heterocycles. The molecule has 1 saturated heterocycles. The third-order valence-electron chi connectivity index (χ3n) is 3.12. The van der Waals surface area contributed by atoms with Crippen LogP contribution in [0.2, 0.25) is 0 Å². The zero-order valence-corrected chi connectivity index (χ0v) is 9.03. The highest BCUT2D eigenvalue weighted by molar-refractivity contribution is 5.20. The highest BCUT2D eigenvalue weighted by Crippen LogP contribution is 2.29. The van der Waals surface area contributed by atoms with E-state index in [2.05, 4.69) is 49.5 Å². The summed E-state index contributed by atoms with van der Waals surface area (Å²) in [4.78, 5) is 0. The van der Waals surface area contributed by atoms with E-state index in [1.165, 1.54) is 18.4 Å². The third kappa shape index (κ3) is 2.16. The molecule has 0 spiro atoms. The van der Waals surface area contributed by atoms with Gasteiger partial charge in [-0.25, -0.2) is 0 Å². The summed E-state index contributed by atoms with van der Waals surface area (Å²) in [6.45, 7) is 4.57. The largest absolute Gasteiger partial charge is 0.312 e. The number of hydrogen-bond acceptors (Lipinski definition) is 1. The molecule has 1 heteroatoms. The Morgan fingerprint density at radius 2 is 1.57 bits per heavy atom. The molecular weight excluding hydrogens is 170 g/mol. The summed E-state index contributed by atoms with van der Waals surface area (Å²) in [5.74, 6) is 0.752. The second-order valence-corrected chi connectivity index (χ2v) is 4.55. The van der Waals surface area contributed by atoms with E-state index in [-0.39, 0.29) is 0 Å². The van der Waals surface area contributed by atoms with E-state index in [1.807, 2.05) is 0 Å². The fourth-order valence-corrected chi connectivity index (χ4v) is 2.57. The van der Waals surface area contributed by atoms with E-state index >= 15 is 0 Å². The number of benzene rings is 1. The molecule has 2 rings (SSSR count). The van der Waals surface area contributed by atoms with Crippen LogP contribution in [-0.2, 0) is 0 Å². The maximum Gasteiger partial charge on any atom is 0.00470 e. The lowest BCUT2D eigenvalue weighted by molar-refractivity contribution is 0.317. The van der Waals surface area contributed by atoms with Crippen LogP contribution in [-0.4, -0.2) is 12.1 Å². The minimum atomic E-state index is 0.656. The summed E-state index contributed by atoms with van der Waals surface area (Å²) in [6.07, 6.45) is 2.54. The first-order chi connectivity index (χ1) is 6.75. The molecule has 1 unspecified atom stereocenters. The van der Waals surface area contributed by atoms with Crippen LogP contribution in [0.1, 0.15) is 38.2 Å². The highest BCUT2D eigenvalue weighted by atomic mass is 14.9. The maximum absolute atomic E-state index is 3.58. The van der Waals surface area contributed by atoms with Gasteiger partial charge in [-0.3, -0.25) is 0 Å². The van der Waals surface area contributed by atoms with Gasteiger partial charge in [0.1, 0.15) is 0 Å². The fourth-order valence-electron chi connectivity index (χ4n) is 2.57. The maximum atomic E-state index is 3.58. The van der Waals surface area contributed by atoms with Gasteiger partial charge in [-0.15, -0.1) is 0 Å². The smallest absolute Gasteiger partial charge is 0.00470 e. The molecule has 1 aliphatic rings. The molecular formula is C13H19N. The Morgan fingerprint density at radius 3 is 2.14 bits per heavy atom. The highest BCUT2D eigenvalue weighted by Gasteiger charge is 2.23. The van der Waals surface area contributed by atoms with Gasteiger partial charge in [0.05, 0.1) is 0 Å². The molecule has 0 aliphatic carbocycles. The monoisotopic (exact) mass is 189 g/mol. The molecule has 1 heterocycles. The predicted molar refractivity (Wildman–Crippen MR) is 60.5 cm³/mol. The van der Waals surface area contributed by atoms with E-state index in [9.17, 15) is 0 Å². The molecule has 1 N–H and O–H groups in total. The van der Waals surface area contributed by atoms with Gasteiger partial charge in [-0.1, -0.05) is 30.3 Å². The van der Waals surface area contributed by atoms with Crippen molar-refractivity contribution in [3.05, 3.63) is 35.9 Å². The molecule has 1 fully saturated rings. The summed E-state index contributed by atoms with van der Waals surface area (Å²) in [5.41, 5.74) is 1.51. The van der Waals surface area contributed by atoms with E-state index < -0.39 is 0 Å². The molecule has 1 nitrogen and oxygen atoms in total. The summed E-state index contributed by atoms with van der Waals surface area (Å²) in [7, 11) is 0. The van der Waals surface area contributed by atoms with Crippen LogP contribution in [0.25, 0.3) is 0 Å². The summed E-state index contributed by atoms with van der Waals surface area (Å²) >= 11 is 0. The van der Waals surface area contributed by atoms with Crippen LogP contribution in [0.5, 0.6) is 0 Å². The molecule has 0 bridgehead atoms. The van der Waals surface area contributed by atoms with Crippen molar-refractivity contribution in [2.45, 2.75) is 44.7 Å². The summed E-state index contributed by atoms with van der Waals surface area (Å²) in [5, 5.41) is 3.58. The molecule has 14 heavy (non-hydrogen) atoms. The van der Waals surface area contributed by atoms with Crippen LogP contribution in [0.4, 0.5) is 0 Å². The van der Waals surface area contributed by atoms with Gasteiger partial charge in [-0.05, 0) is 38.2 Å². The molecule has 0 amide bonds. The van der Waals surface area contributed by atoms with Crippen molar-refractivity contribution in [2.24, 2.45) is 0 Å². The van der Waals surface area contributed by atoms with Crippen LogP contribution in [0.3, 0.4) is 0 Å². The Balaban J connectivity index is 2.11. The first-order valence-corrected chi connectivity index (χ1v) is 5.56. The zero-order chi connectivity index (χ0) is 9.97. The van der Waals surface area contributed by atoms with E-state index in [0.29, 0.717) is 12.1 Å². The molecule has 1 aromatic rings. The number of hydrogen-bond donors (Lipinski definition) is 1. The van der Waals surface area contributed by atoms with E-state index in [1.54, 1.807) is 0 Å². The second kappa shape index (κ2) is 4.14. The number of piperidine rings is 1. The van der Waals surface area contributed by atoms with Gasteiger partial charge < -0.3 is 5.32 Å². The van der Waals surface area contributed by atoms with Crippen LogP contribution < -0.4 is 5.32 Å². The van der Waals surface area contributed by atoms with Crippen LogP contribution >= 0.6 is 0 Å². The average Bonchev–Trinajstić information content (AvgIpc) is 2.18. The minimum Gasteiger partial charge on any atom is -0.312 e. The van der Waals surface area contributed by atoms with Crippen molar-refractivity contribution < 1.29 is 0 Å². The fraction of sp³-hybridized carbons (Fsp3) is 0.538. The lowest BCUT2D eigenvalue weighted by Gasteiger charge is -2.33. The number of nitrogens with one attached hydrogen (secondary N) is 1. The van der Waals surface area contributed by atoms with Crippen molar-refractivity contribution in [1.82, 2.24) is 5.32 Å². The minimum absolute atomic E-state index is 0.656. The Morgan fingerprint density at radius 1 is 1.00 bits per heavy atom. The average molecular weight is 189 g/mol. The van der Waals surface area contributed by atoms with Gasteiger partial charge in [0.2, 0.25) is 0 Å². The Kier molecular flexibility index (Phi) is 2.87. The van der Waals surface area contributed by atoms with E-state index in [4.69, 9.17) is 0 Å². The Labute approximate surface area is 86.5 Å². The van der Waals surface area contributed by atoms with Crippen LogP contribution in [0.15, 0.2) is 30.3 Å². The lowest BCUT2D eigenvalue weighted by Crippen LogP contribution is -2.41.